The number of carbonyl (C=O) groups is 2. The van der Waals surface area contributed by atoms with Gasteiger partial charge in [-0.3, -0.25) is 4.79 Å². The third-order valence-electron chi connectivity index (χ3n) is 3.05. The Kier molecular flexibility index (Phi) is 6.06. The first-order valence-corrected chi connectivity index (χ1v) is 6.71. The van der Waals surface area contributed by atoms with Gasteiger partial charge >= 0.3 is 5.97 Å². The molecule has 0 fully saturated rings. The van der Waals surface area contributed by atoms with Crippen LogP contribution in [0.4, 0.5) is 0 Å². The fourth-order valence-corrected chi connectivity index (χ4v) is 1.78. The first-order valence-electron chi connectivity index (χ1n) is 6.71. The highest BCUT2D eigenvalue weighted by Crippen LogP contribution is 2.08. The Morgan fingerprint density at radius 3 is 2.32 bits per heavy atom. The van der Waals surface area contributed by atoms with Gasteiger partial charge in [0.05, 0.1) is 0 Å². The minimum atomic E-state index is -1.00. The van der Waals surface area contributed by atoms with Crippen LogP contribution in [-0.2, 0) is 11.2 Å². The molecule has 1 amide bonds. The highest BCUT2D eigenvalue weighted by molar-refractivity contribution is 5.96. The summed E-state index contributed by atoms with van der Waals surface area (Å²) < 4.78 is 0. The molecule has 0 radical (unpaired) electrons. The zero-order valence-corrected chi connectivity index (χ0v) is 11.5. The van der Waals surface area contributed by atoms with Gasteiger partial charge in [-0.05, 0) is 37.0 Å². The Hall–Kier alpha value is -1.84. The van der Waals surface area contributed by atoms with Crippen LogP contribution in [0.15, 0.2) is 24.3 Å². The number of amides is 1. The Morgan fingerprint density at radius 2 is 1.84 bits per heavy atom. The fourth-order valence-electron chi connectivity index (χ4n) is 1.78. The topological polar surface area (TPSA) is 66.4 Å². The van der Waals surface area contributed by atoms with Crippen molar-refractivity contribution in [2.45, 2.75) is 45.6 Å². The maximum Gasteiger partial charge on any atom is 0.326 e. The van der Waals surface area contributed by atoms with E-state index in [9.17, 15) is 9.59 Å². The van der Waals surface area contributed by atoms with Crippen LogP contribution in [0.5, 0.6) is 0 Å². The molecule has 0 unspecified atom stereocenters. The lowest BCUT2D eigenvalue weighted by atomic mass is 10.1. The van der Waals surface area contributed by atoms with Gasteiger partial charge in [0, 0.05) is 5.56 Å². The minimum Gasteiger partial charge on any atom is -0.480 e. The summed E-state index contributed by atoms with van der Waals surface area (Å²) >= 11 is 0. The van der Waals surface area contributed by atoms with Gasteiger partial charge in [-0.25, -0.2) is 4.79 Å². The number of benzene rings is 1. The van der Waals surface area contributed by atoms with E-state index in [1.165, 1.54) is 5.56 Å². The van der Waals surface area contributed by atoms with Crippen molar-refractivity contribution in [3.05, 3.63) is 35.4 Å². The number of hydrogen-bond acceptors (Lipinski definition) is 2. The second kappa shape index (κ2) is 7.56. The minimum absolute atomic E-state index is 0.337. The zero-order chi connectivity index (χ0) is 14.3. The first kappa shape index (κ1) is 15.2. The molecule has 0 aromatic heterocycles. The molecule has 1 atom stereocenters. The molecule has 0 saturated carbocycles. The van der Waals surface area contributed by atoms with Gasteiger partial charge in [0.25, 0.3) is 5.91 Å². The van der Waals surface area contributed by atoms with E-state index in [0.29, 0.717) is 12.0 Å². The van der Waals surface area contributed by atoms with E-state index >= 15 is 0 Å². The number of carboxylic acids is 1. The van der Waals surface area contributed by atoms with Gasteiger partial charge in [-0.2, -0.15) is 0 Å². The predicted octanol–water partition coefficient (Wildman–Crippen LogP) is 2.62. The predicted molar refractivity (Wildman–Crippen MR) is 74.2 cm³/mol. The van der Waals surface area contributed by atoms with Gasteiger partial charge in [-0.1, -0.05) is 32.4 Å². The molecular weight excluding hydrogens is 242 g/mol. The number of rotatable bonds is 7. The third kappa shape index (κ3) is 4.73. The summed E-state index contributed by atoms with van der Waals surface area (Å²) in [4.78, 5) is 22.7. The summed E-state index contributed by atoms with van der Waals surface area (Å²) in [6.07, 6.45) is 3.64. The Balaban J connectivity index is 2.64. The van der Waals surface area contributed by atoms with Crippen LogP contribution in [0.25, 0.3) is 0 Å². The van der Waals surface area contributed by atoms with Crippen LogP contribution >= 0.6 is 0 Å². The standard InChI is InChI=1S/C15H21NO3/c1-3-5-6-11-7-9-12(10-8-11)14(17)16-13(4-2)15(18)19/h7-10,13H,3-6H2,1-2H3,(H,16,17)(H,18,19)/t13-/m1/s1. The van der Waals surface area contributed by atoms with Gasteiger partial charge in [-0.15, -0.1) is 0 Å². The molecule has 1 aromatic rings. The molecule has 4 nitrogen and oxygen atoms in total. The van der Waals surface area contributed by atoms with Crippen molar-refractivity contribution < 1.29 is 14.7 Å². The number of aliphatic carboxylic acids is 1. The molecule has 1 aromatic carbocycles. The Bertz CT molecular complexity index is 426. The van der Waals surface area contributed by atoms with Crippen LogP contribution in [0, 0.1) is 0 Å². The van der Waals surface area contributed by atoms with Crippen molar-refractivity contribution in [1.82, 2.24) is 5.32 Å². The van der Waals surface area contributed by atoms with Gasteiger partial charge in [0.1, 0.15) is 6.04 Å². The second-order valence-corrected chi connectivity index (χ2v) is 4.57. The summed E-state index contributed by atoms with van der Waals surface area (Å²) in [5.41, 5.74) is 1.70. The monoisotopic (exact) mass is 263 g/mol. The molecule has 0 spiro atoms. The van der Waals surface area contributed by atoms with E-state index in [1.807, 2.05) is 12.1 Å². The molecule has 0 heterocycles. The van der Waals surface area contributed by atoms with E-state index in [-0.39, 0.29) is 5.91 Å². The van der Waals surface area contributed by atoms with E-state index < -0.39 is 12.0 Å². The summed E-state index contributed by atoms with van der Waals surface area (Å²) in [7, 11) is 0. The summed E-state index contributed by atoms with van der Waals surface area (Å²) in [5.74, 6) is -1.34. The normalized spacial score (nSPS) is 11.9. The molecule has 19 heavy (non-hydrogen) atoms. The van der Waals surface area contributed by atoms with Gasteiger partial charge < -0.3 is 10.4 Å². The molecular formula is C15H21NO3. The third-order valence-corrected chi connectivity index (χ3v) is 3.05. The van der Waals surface area contributed by atoms with E-state index in [0.717, 1.165) is 19.3 Å². The maximum absolute atomic E-state index is 11.9. The van der Waals surface area contributed by atoms with E-state index in [1.54, 1.807) is 19.1 Å². The average molecular weight is 263 g/mol. The molecule has 0 aliphatic heterocycles. The lowest BCUT2D eigenvalue weighted by Gasteiger charge is -2.12. The van der Waals surface area contributed by atoms with Crippen molar-refractivity contribution in [2.24, 2.45) is 0 Å². The van der Waals surface area contributed by atoms with Crippen molar-refractivity contribution in [2.75, 3.05) is 0 Å². The first-order chi connectivity index (χ1) is 9.08. The molecule has 0 saturated heterocycles. The van der Waals surface area contributed by atoms with Crippen molar-refractivity contribution in [1.29, 1.82) is 0 Å². The van der Waals surface area contributed by atoms with Crippen LogP contribution in [0.1, 0.15) is 49.0 Å². The Morgan fingerprint density at radius 1 is 1.21 bits per heavy atom. The zero-order valence-electron chi connectivity index (χ0n) is 11.5. The Labute approximate surface area is 113 Å². The number of hydrogen-bond donors (Lipinski definition) is 2. The summed E-state index contributed by atoms with van der Waals surface area (Å²) in [5, 5.41) is 11.4. The molecule has 2 N–H and O–H groups in total. The number of unbranched alkanes of at least 4 members (excludes halogenated alkanes) is 1. The van der Waals surface area contributed by atoms with Gasteiger partial charge in [0.2, 0.25) is 0 Å². The van der Waals surface area contributed by atoms with Crippen LogP contribution < -0.4 is 5.32 Å². The van der Waals surface area contributed by atoms with E-state index in [4.69, 9.17) is 5.11 Å². The van der Waals surface area contributed by atoms with Crippen LogP contribution in [0.2, 0.25) is 0 Å². The molecule has 0 bridgehead atoms. The SMILES string of the molecule is CCCCc1ccc(C(=O)N[C@H](CC)C(=O)O)cc1. The number of nitrogens with one attached hydrogen (secondary N) is 1. The fraction of sp³-hybridized carbons (Fsp3) is 0.467. The van der Waals surface area contributed by atoms with Gasteiger partial charge in [0.15, 0.2) is 0 Å². The van der Waals surface area contributed by atoms with Crippen molar-refractivity contribution in [3.63, 3.8) is 0 Å². The smallest absolute Gasteiger partial charge is 0.326 e. The number of aryl methyl sites for hydroxylation is 1. The van der Waals surface area contributed by atoms with Crippen molar-refractivity contribution >= 4 is 11.9 Å². The average Bonchev–Trinajstić information content (AvgIpc) is 2.42. The molecule has 104 valence electrons. The number of carboxylic acid groups (broad SMARTS) is 1. The molecule has 0 aliphatic carbocycles. The van der Waals surface area contributed by atoms with E-state index in [2.05, 4.69) is 12.2 Å². The molecule has 4 heteroatoms. The van der Waals surface area contributed by atoms with Crippen LogP contribution in [0.3, 0.4) is 0 Å². The second-order valence-electron chi connectivity index (χ2n) is 4.57. The lowest BCUT2D eigenvalue weighted by molar-refractivity contribution is -0.139. The lowest BCUT2D eigenvalue weighted by Crippen LogP contribution is -2.40. The summed E-state index contributed by atoms with van der Waals surface area (Å²) in [6.45, 7) is 3.87. The highest BCUT2D eigenvalue weighted by atomic mass is 16.4. The largest absolute Gasteiger partial charge is 0.480 e. The summed E-state index contributed by atoms with van der Waals surface area (Å²) in [6, 6.07) is 6.51. The maximum atomic E-state index is 11.9. The molecule has 1 rings (SSSR count). The molecule has 0 aliphatic rings. The highest BCUT2D eigenvalue weighted by Gasteiger charge is 2.18. The van der Waals surface area contributed by atoms with Crippen LogP contribution in [-0.4, -0.2) is 23.0 Å². The number of carbonyl (C=O) groups excluding carboxylic acids is 1. The van der Waals surface area contributed by atoms with Crippen molar-refractivity contribution in [3.8, 4) is 0 Å². The quantitative estimate of drug-likeness (QED) is 0.794.